The van der Waals surface area contributed by atoms with E-state index in [4.69, 9.17) is 0 Å². The van der Waals surface area contributed by atoms with Crippen molar-refractivity contribution in [3.63, 3.8) is 0 Å². The lowest BCUT2D eigenvalue weighted by atomic mass is 10.5. The normalized spacial score (nSPS) is 10.6. The Morgan fingerprint density at radius 3 is 2.94 bits per heavy atom. The molecule has 0 aliphatic heterocycles. The molecule has 17 heavy (non-hydrogen) atoms. The molecule has 0 saturated carbocycles. The maximum atomic E-state index is 11.6. The van der Waals surface area contributed by atoms with Gasteiger partial charge in [-0.05, 0) is 16.8 Å². The fraction of sp³-hybridized carbons (Fsp3) is 0.444. The molecule has 0 aromatic carbocycles. The van der Waals surface area contributed by atoms with Crippen molar-refractivity contribution in [1.82, 2.24) is 29.6 Å². The van der Waals surface area contributed by atoms with E-state index in [1.54, 1.807) is 6.08 Å². The van der Waals surface area contributed by atoms with Crippen LogP contribution in [0.25, 0.3) is 5.78 Å². The number of rotatable bonds is 5. The lowest BCUT2D eigenvalue weighted by molar-refractivity contribution is 0.666. The Labute approximate surface area is 97.0 Å². The zero-order valence-corrected chi connectivity index (χ0v) is 9.50. The topological polar surface area (TPSA) is 90.0 Å². The molecule has 0 atom stereocenters. The SMILES string of the molecule is C=CCn1nnn2c(=O)nc(NCCC)nc12. The molecule has 2 heterocycles. The lowest BCUT2D eigenvalue weighted by Crippen LogP contribution is -2.22. The Hall–Kier alpha value is -2.25. The summed E-state index contributed by atoms with van der Waals surface area (Å²) in [5.74, 6) is 0.646. The van der Waals surface area contributed by atoms with Gasteiger partial charge in [-0.25, -0.2) is 9.48 Å². The van der Waals surface area contributed by atoms with Crippen LogP contribution in [0.15, 0.2) is 17.4 Å². The summed E-state index contributed by atoms with van der Waals surface area (Å²) in [6.45, 7) is 6.76. The molecule has 8 nitrogen and oxygen atoms in total. The van der Waals surface area contributed by atoms with Crippen LogP contribution < -0.4 is 11.0 Å². The second-order valence-electron chi connectivity index (χ2n) is 3.42. The minimum Gasteiger partial charge on any atom is -0.354 e. The summed E-state index contributed by atoms with van der Waals surface area (Å²) in [5.41, 5.74) is -0.496. The molecule has 0 aliphatic rings. The Morgan fingerprint density at radius 1 is 1.41 bits per heavy atom. The first-order chi connectivity index (χ1) is 8.26. The number of nitrogens with zero attached hydrogens (tertiary/aromatic N) is 6. The van der Waals surface area contributed by atoms with Gasteiger partial charge >= 0.3 is 5.69 Å². The number of aromatic nitrogens is 6. The highest BCUT2D eigenvalue weighted by atomic mass is 16.1. The number of hydrogen-bond donors (Lipinski definition) is 1. The van der Waals surface area contributed by atoms with Gasteiger partial charge in [0.05, 0.1) is 6.54 Å². The Bertz CT molecular complexity index is 585. The number of anilines is 1. The monoisotopic (exact) mass is 235 g/mol. The summed E-state index contributed by atoms with van der Waals surface area (Å²) in [6, 6.07) is 0. The molecule has 0 amide bonds. The third-order valence-electron chi connectivity index (χ3n) is 2.08. The largest absolute Gasteiger partial charge is 0.376 e. The number of nitrogens with one attached hydrogen (secondary N) is 1. The zero-order chi connectivity index (χ0) is 12.3. The van der Waals surface area contributed by atoms with Gasteiger partial charge in [0, 0.05) is 6.54 Å². The van der Waals surface area contributed by atoms with E-state index in [1.165, 1.54) is 4.68 Å². The van der Waals surface area contributed by atoms with E-state index in [1.807, 2.05) is 6.92 Å². The van der Waals surface area contributed by atoms with Crippen molar-refractivity contribution in [2.75, 3.05) is 11.9 Å². The van der Waals surface area contributed by atoms with Gasteiger partial charge in [-0.2, -0.15) is 9.97 Å². The van der Waals surface area contributed by atoms with Crippen LogP contribution in [-0.4, -0.2) is 36.1 Å². The van der Waals surface area contributed by atoms with Gasteiger partial charge in [-0.1, -0.05) is 13.0 Å². The third-order valence-corrected chi connectivity index (χ3v) is 2.08. The van der Waals surface area contributed by atoms with E-state index >= 15 is 0 Å². The molecular weight excluding hydrogens is 222 g/mol. The minimum absolute atomic E-state index is 0.296. The average Bonchev–Trinajstić information content (AvgIpc) is 2.71. The molecule has 0 radical (unpaired) electrons. The fourth-order valence-corrected chi connectivity index (χ4v) is 1.32. The lowest BCUT2D eigenvalue weighted by Gasteiger charge is -2.01. The quantitative estimate of drug-likeness (QED) is 0.715. The minimum atomic E-state index is -0.496. The van der Waals surface area contributed by atoms with Crippen LogP contribution in [-0.2, 0) is 6.54 Å². The summed E-state index contributed by atoms with van der Waals surface area (Å²) in [5, 5.41) is 10.4. The molecule has 8 heteroatoms. The maximum absolute atomic E-state index is 11.6. The van der Waals surface area contributed by atoms with Crippen LogP contribution in [0.4, 0.5) is 5.95 Å². The van der Waals surface area contributed by atoms with Crippen LogP contribution in [0.3, 0.4) is 0 Å². The molecule has 90 valence electrons. The highest BCUT2D eigenvalue weighted by molar-refractivity contribution is 5.34. The molecule has 0 bridgehead atoms. The second-order valence-corrected chi connectivity index (χ2v) is 3.42. The van der Waals surface area contributed by atoms with Crippen molar-refractivity contribution in [3.8, 4) is 0 Å². The molecule has 2 rings (SSSR count). The molecule has 2 aromatic rings. The van der Waals surface area contributed by atoms with Gasteiger partial charge in [-0.3, -0.25) is 0 Å². The summed E-state index contributed by atoms with van der Waals surface area (Å²) in [6.07, 6.45) is 2.58. The van der Waals surface area contributed by atoms with Gasteiger partial charge < -0.3 is 5.32 Å². The van der Waals surface area contributed by atoms with Gasteiger partial charge in [0.2, 0.25) is 5.95 Å². The first kappa shape index (κ1) is 11.2. The fourth-order valence-electron chi connectivity index (χ4n) is 1.32. The first-order valence-corrected chi connectivity index (χ1v) is 5.31. The van der Waals surface area contributed by atoms with E-state index in [2.05, 4.69) is 32.3 Å². The predicted octanol–water partition coefficient (Wildman–Crippen LogP) is -0.311. The Morgan fingerprint density at radius 2 is 2.24 bits per heavy atom. The molecule has 0 saturated heterocycles. The first-order valence-electron chi connectivity index (χ1n) is 5.31. The van der Waals surface area contributed by atoms with Gasteiger partial charge in [0.15, 0.2) is 0 Å². The summed E-state index contributed by atoms with van der Waals surface area (Å²) in [7, 11) is 0. The van der Waals surface area contributed by atoms with Crippen LogP contribution >= 0.6 is 0 Å². The molecular formula is C9H13N7O. The number of tetrazole rings is 1. The number of fused-ring (bicyclic) bond motifs is 1. The van der Waals surface area contributed by atoms with Crippen LogP contribution in [0, 0.1) is 0 Å². The van der Waals surface area contributed by atoms with Crippen molar-refractivity contribution in [3.05, 3.63) is 23.1 Å². The zero-order valence-electron chi connectivity index (χ0n) is 9.50. The highest BCUT2D eigenvalue weighted by Gasteiger charge is 2.09. The number of hydrogen-bond acceptors (Lipinski definition) is 6. The average molecular weight is 235 g/mol. The molecule has 1 N–H and O–H groups in total. The van der Waals surface area contributed by atoms with E-state index in [9.17, 15) is 4.79 Å². The third kappa shape index (κ3) is 2.14. The Kier molecular flexibility index (Phi) is 3.12. The smallest absolute Gasteiger partial charge is 0.354 e. The van der Waals surface area contributed by atoms with Gasteiger partial charge in [0.1, 0.15) is 0 Å². The van der Waals surface area contributed by atoms with Crippen molar-refractivity contribution in [2.45, 2.75) is 19.9 Å². The van der Waals surface area contributed by atoms with E-state index < -0.39 is 5.69 Å². The molecule has 2 aromatic heterocycles. The van der Waals surface area contributed by atoms with E-state index in [-0.39, 0.29) is 0 Å². The molecule has 0 fully saturated rings. The molecule has 0 unspecified atom stereocenters. The highest BCUT2D eigenvalue weighted by Crippen LogP contribution is 1.98. The van der Waals surface area contributed by atoms with Gasteiger partial charge in [-0.15, -0.1) is 11.1 Å². The molecule has 0 spiro atoms. The maximum Gasteiger partial charge on any atom is 0.376 e. The van der Waals surface area contributed by atoms with Crippen LogP contribution in [0.1, 0.15) is 13.3 Å². The van der Waals surface area contributed by atoms with Gasteiger partial charge in [0.25, 0.3) is 5.78 Å². The van der Waals surface area contributed by atoms with Crippen LogP contribution in [0.2, 0.25) is 0 Å². The Balaban J connectivity index is 2.48. The summed E-state index contributed by atoms with van der Waals surface area (Å²) in [4.78, 5) is 19.5. The summed E-state index contributed by atoms with van der Waals surface area (Å²) < 4.78 is 2.54. The standard InChI is InChI=1S/C9H13N7O/c1-3-5-10-7-11-8-15(6-4-2)13-14-16(8)9(17)12-7/h4H,2-3,5-6H2,1H3,(H,10,12,17). The van der Waals surface area contributed by atoms with E-state index in [0.29, 0.717) is 24.8 Å². The summed E-state index contributed by atoms with van der Waals surface area (Å²) >= 11 is 0. The van der Waals surface area contributed by atoms with Crippen molar-refractivity contribution < 1.29 is 0 Å². The van der Waals surface area contributed by atoms with Crippen molar-refractivity contribution >= 4 is 11.7 Å². The number of allylic oxidation sites excluding steroid dienone is 1. The van der Waals surface area contributed by atoms with Crippen molar-refractivity contribution in [1.29, 1.82) is 0 Å². The second kappa shape index (κ2) is 4.73. The predicted molar refractivity (Wildman–Crippen MR) is 61.8 cm³/mol. The van der Waals surface area contributed by atoms with Crippen molar-refractivity contribution in [2.24, 2.45) is 0 Å². The van der Waals surface area contributed by atoms with Crippen LogP contribution in [0.5, 0.6) is 0 Å². The molecule has 0 aliphatic carbocycles. The van der Waals surface area contributed by atoms with E-state index in [0.717, 1.165) is 10.9 Å².